The van der Waals surface area contributed by atoms with Crippen LogP contribution in [0.15, 0.2) is 48.6 Å². The van der Waals surface area contributed by atoms with Gasteiger partial charge in [0.05, 0.1) is 39.9 Å². The Morgan fingerprint density at radius 1 is 0.833 bits per heavy atom. The van der Waals surface area contributed by atoms with Crippen LogP contribution in [0.1, 0.15) is 104 Å². The van der Waals surface area contributed by atoms with Crippen molar-refractivity contribution < 1.29 is 32.9 Å². The number of unbranched alkanes of at least 4 members (excludes halogenated alkanes) is 6. The van der Waals surface area contributed by atoms with Gasteiger partial charge in [0.25, 0.3) is 0 Å². The first-order valence-corrected chi connectivity index (χ1v) is 17.5. The number of aliphatic hydroxyl groups excluding tert-OH is 1. The van der Waals surface area contributed by atoms with Gasteiger partial charge in [-0.1, -0.05) is 107 Å². The number of carbonyl (C=O) groups excluding carboxylic acids is 1. The summed E-state index contributed by atoms with van der Waals surface area (Å²) in [5, 5.41) is 13.6. The summed E-state index contributed by atoms with van der Waals surface area (Å²) in [5.74, 6) is -0.233. The molecular formula is C33H62N2O6P+. The molecule has 0 radical (unpaired) electrons. The summed E-state index contributed by atoms with van der Waals surface area (Å²) in [5.41, 5.74) is 0. The number of aliphatic hydroxyl groups is 1. The van der Waals surface area contributed by atoms with Crippen molar-refractivity contribution in [3.8, 4) is 0 Å². The molecule has 3 N–H and O–H groups in total. The third kappa shape index (κ3) is 27.3. The monoisotopic (exact) mass is 613 g/mol. The predicted molar refractivity (Wildman–Crippen MR) is 175 cm³/mol. The molecule has 0 aliphatic carbocycles. The number of nitrogens with one attached hydrogen (secondary N) is 1. The highest BCUT2D eigenvalue weighted by Crippen LogP contribution is 2.43. The topological polar surface area (TPSA) is 105 Å². The highest BCUT2D eigenvalue weighted by molar-refractivity contribution is 7.47. The molecule has 0 fully saturated rings. The Morgan fingerprint density at radius 3 is 1.95 bits per heavy atom. The van der Waals surface area contributed by atoms with Crippen molar-refractivity contribution in [1.82, 2.24) is 5.32 Å². The van der Waals surface area contributed by atoms with Gasteiger partial charge in [0.15, 0.2) is 0 Å². The molecule has 1 amide bonds. The van der Waals surface area contributed by atoms with Gasteiger partial charge in [-0.3, -0.25) is 13.8 Å². The number of amides is 1. The molecule has 8 nitrogen and oxygen atoms in total. The van der Waals surface area contributed by atoms with E-state index in [4.69, 9.17) is 9.05 Å². The van der Waals surface area contributed by atoms with E-state index in [-0.39, 0.29) is 25.5 Å². The van der Waals surface area contributed by atoms with Gasteiger partial charge in [0, 0.05) is 6.42 Å². The Balaban J connectivity index is 4.68. The van der Waals surface area contributed by atoms with Gasteiger partial charge in [-0.15, -0.1) is 0 Å². The Kier molecular flexibility index (Phi) is 25.0. The SMILES string of the molecule is CC/C=C\C/C=C\C/C=C\C/C=C\CCC(=O)NC(COP(=O)(O)OCC[N+](C)(C)C)C(O)CCCCCCCCC. The third-order valence-corrected chi connectivity index (χ3v) is 7.59. The molecule has 0 aliphatic rings. The van der Waals surface area contributed by atoms with Gasteiger partial charge in [0.2, 0.25) is 5.91 Å². The molecule has 42 heavy (non-hydrogen) atoms. The molecule has 244 valence electrons. The standard InChI is InChI=1S/C33H61N2O6P/c1-6-8-10-12-14-15-16-17-18-19-21-23-25-27-33(37)34-31(32(36)26-24-22-20-13-11-9-7-2)30-41-42(38,39)40-29-28-35(3,4)5/h8,10,14-15,17-18,21,23,31-32,36H,6-7,9,11-13,16,19-20,22,24-30H2,1-5H3,(H-,34,37,38,39)/p+1/b10-8-,15-14-,18-17-,23-21-. The van der Waals surface area contributed by atoms with Gasteiger partial charge in [0.1, 0.15) is 13.2 Å². The molecule has 0 aliphatic heterocycles. The third-order valence-electron chi connectivity index (χ3n) is 6.60. The van der Waals surface area contributed by atoms with Crippen LogP contribution in [0.5, 0.6) is 0 Å². The van der Waals surface area contributed by atoms with Crippen molar-refractivity contribution in [3.63, 3.8) is 0 Å². The van der Waals surface area contributed by atoms with Gasteiger partial charge in [-0.25, -0.2) is 4.57 Å². The van der Waals surface area contributed by atoms with Crippen molar-refractivity contribution >= 4 is 13.7 Å². The zero-order valence-electron chi connectivity index (χ0n) is 27.2. The minimum absolute atomic E-state index is 0.0593. The first-order valence-electron chi connectivity index (χ1n) is 16.0. The average Bonchev–Trinajstić information content (AvgIpc) is 2.92. The minimum atomic E-state index is -4.31. The largest absolute Gasteiger partial charge is 0.472 e. The highest BCUT2D eigenvalue weighted by atomic mass is 31.2. The van der Waals surface area contributed by atoms with E-state index in [0.29, 0.717) is 23.9 Å². The summed E-state index contributed by atoms with van der Waals surface area (Å²) in [7, 11) is 1.56. The maximum atomic E-state index is 12.6. The maximum absolute atomic E-state index is 12.6. The number of phosphoric acid groups is 1. The van der Waals surface area contributed by atoms with Crippen LogP contribution < -0.4 is 5.32 Å². The van der Waals surface area contributed by atoms with E-state index in [1.54, 1.807) is 0 Å². The molecule has 0 spiro atoms. The summed E-state index contributed by atoms with van der Waals surface area (Å²) in [4.78, 5) is 22.8. The summed E-state index contributed by atoms with van der Waals surface area (Å²) in [6.45, 7) is 4.61. The fourth-order valence-corrected chi connectivity index (χ4v) is 4.73. The molecular weight excluding hydrogens is 551 g/mol. The van der Waals surface area contributed by atoms with Crippen molar-refractivity contribution in [2.24, 2.45) is 0 Å². The average molecular weight is 614 g/mol. The van der Waals surface area contributed by atoms with Gasteiger partial charge in [-0.2, -0.15) is 0 Å². The van der Waals surface area contributed by atoms with Crippen LogP contribution in [0.2, 0.25) is 0 Å². The zero-order chi connectivity index (χ0) is 31.5. The van der Waals surface area contributed by atoms with Crippen LogP contribution in [-0.2, 0) is 18.4 Å². The molecule has 0 aromatic carbocycles. The number of hydrogen-bond donors (Lipinski definition) is 3. The minimum Gasteiger partial charge on any atom is -0.391 e. The van der Waals surface area contributed by atoms with Crippen LogP contribution in [-0.4, -0.2) is 73.4 Å². The molecule has 0 rings (SSSR count). The predicted octanol–water partition coefficient (Wildman–Crippen LogP) is 7.40. The van der Waals surface area contributed by atoms with E-state index in [0.717, 1.165) is 44.9 Å². The molecule has 0 aromatic rings. The number of quaternary nitrogens is 1. The number of hydrogen-bond acceptors (Lipinski definition) is 5. The van der Waals surface area contributed by atoms with Gasteiger partial charge < -0.3 is 19.8 Å². The first kappa shape index (κ1) is 40.5. The van der Waals surface area contributed by atoms with Crippen LogP contribution in [0.25, 0.3) is 0 Å². The maximum Gasteiger partial charge on any atom is 0.472 e. The fourth-order valence-electron chi connectivity index (χ4n) is 3.99. The van der Waals surface area contributed by atoms with Gasteiger partial charge in [-0.05, 0) is 38.5 Å². The van der Waals surface area contributed by atoms with E-state index in [1.165, 1.54) is 25.7 Å². The van der Waals surface area contributed by atoms with Crippen molar-refractivity contribution in [2.75, 3.05) is 40.9 Å². The molecule has 0 saturated carbocycles. The highest BCUT2D eigenvalue weighted by Gasteiger charge is 2.28. The Labute approximate surface area is 257 Å². The first-order chi connectivity index (χ1) is 20.0. The number of carbonyl (C=O) groups is 1. The fraction of sp³-hybridized carbons (Fsp3) is 0.727. The van der Waals surface area contributed by atoms with E-state index < -0.39 is 20.0 Å². The van der Waals surface area contributed by atoms with E-state index in [1.807, 2.05) is 33.3 Å². The summed E-state index contributed by atoms with van der Waals surface area (Å²) >= 11 is 0. The Morgan fingerprint density at radius 2 is 1.38 bits per heavy atom. The van der Waals surface area contributed by atoms with E-state index >= 15 is 0 Å². The lowest BCUT2D eigenvalue weighted by Crippen LogP contribution is -2.46. The zero-order valence-corrected chi connectivity index (χ0v) is 28.1. The van der Waals surface area contributed by atoms with Crippen LogP contribution in [0.4, 0.5) is 0 Å². The lowest BCUT2D eigenvalue weighted by molar-refractivity contribution is -0.870. The number of likely N-dealkylation sites (N-methyl/N-ethyl adjacent to an activating group) is 1. The smallest absolute Gasteiger partial charge is 0.391 e. The number of allylic oxidation sites excluding steroid dienone is 8. The second-order valence-electron chi connectivity index (χ2n) is 11.8. The molecule has 3 atom stereocenters. The number of nitrogens with zero attached hydrogens (tertiary/aromatic N) is 1. The second kappa shape index (κ2) is 25.9. The number of rotatable bonds is 27. The molecule has 0 heterocycles. The molecule has 3 unspecified atom stereocenters. The van der Waals surface area contributed by atoms with Crippen molar-refractivity contribution in [3.05, 3.63) is 48.6 Å². The van der Waals surface area contributed by atoms with Crippen LogP contribution in [0, 0.1) is 0 Å². The summed E-state index contributed by atoms with van der Waals surface area (Å²) in [6, 6.07) is -0.794. The normalized spacial score (nSPS) is 15.7. The quantitative estimate of drug-likeness (QED) is 0.0386. The molecule has 0 saturated heterocycles. The summed E-state index contributed by atoms with van der Waals surface area (Å²) < 4.78 is 23.3. The number of phosphoric ester groups is 1. The van der Waals surface area contributed by atoms with E-state index in [9.17, 15) is 19.4 Å². The lowest BCUT2D eigenvalue weighted by atomic mass is 10.0. The van der Waals surface area contributed by atoms with Gasteiger partial charge >= 0.3 is 7.82 Å². The molecule has 0 bridgehead atoms. The lowest BCUT2D eigenvalue weighted by Gasteiger charge is -2.26. The second-order valence-corrected chi connectivity index (χ2v) is 13.3. The van der Waals surface area contributed by atoms with Crippen LogP contribution >= 0.6 is 7.82 Å². The summed E-state index contributed by atoms with van der Waals surface area (Å²) in [6.07, 6.45) is 28.8. The Bertz CT molecular complexity index is 835. The van der Waals surface area contributed by atoms with Crippen molar-refractivity contribution in [2.45, 2.75) is 116 Å². The van der Waals surface area contributed by atoms with Crippen LogP contribution in [0.3, 0.4) is 0 Å². The molecule has 9 heteroatoms. The Hall–Kier alpha value is -1.54. The molecule has 0 aromatic heterocycles. The van der Waals surface area contributed by atoms with Crippen molar-refractivity contribution in [1.29, 1.82) is 0 Å². The van der Waals surface area contributed by atoms with E-state index in [2.05, 4.69) is 55.6 Å².